The van der Waals surface area contributed by atoms with Crippen LogP contribution in [0, 0.1) is 11.3 Å². The van der Waals surface area contributed by atoms with Crippen LogP contribution < -0.4 is 5.73 Å². The van der Waals surface area contributed by atoms with Crippen molar-refractivity contribution in [3.05, 3.63) is 0 Å². The minimum Gasteiger partial charge on any atom is -0.387 e. The van der Waals surface area contributed by atoms with E-state index in [9.17, 15) is 0 Å². The third-order valence-corrected chi connectivity index (χ3v) is 2.38. The average Bonchev–Trinajstić information content (AvgIpc) is 2.17. The van der Waals surface area contributed by atoms with E-state index in [-0.39, 0.29) is 11.8 Å². The summed E-state index contributed by atoms with van der Waals surface area (Å²) >= 11 is 0. The summed E-state index contributed by atoms with van der Waals surface area (Å²) in [6.07, 6.45) is 2.31. The molecule has 1 unspecified atom stereocenters. The number of rotatable bonds is 9. The summed E-state index contributed by atoms with van der Waals surface area (Å²) in [6, 6.07) is 0. The number of nitrogens with zero attached hydrogens (tertiary/aromatic N) is 1. The molecule has 0 heterocycles. The molecule has 0 fully saturated rings. The van der Waals surface area contributed by atoms with Crippen LogP contribution in [0.15, 0.2) is 0 Å². The topological polar surface area (TPSA) is 62.3 Å². The number of nitrogens with two attached hydrogens (primary N) is 1. The van der Waals surface area contributed by atoms with E-state index in [1.807, 2.05) is 14.0 Å². The fourth-order valence-electron chi connectivity index (χ4n) is 1.23. The van der Waals surface area contributed by atoms with Gasteiger partial charge in [-0.3, -0.25) is 5.41 Å². The number of ether oxygens (including phenoxy) is 1. The minimum absolute atomic E-state index is 0.130. The third kappa shape index (κ3) is 8.39. The Hall–Kier alpha value is -0.610. The van der Waals surface area contributed by atoms with Gasteiger partial charge in [-0.1, -0.05) is 20.3 Å². The van der Waals surface area contributed by atoms with Gasteiger partial charge in [-0.2, -0.15) is 0 Å². The highest BCUT2D eigenvalue weighted by molar-refractivity contribution is 5.79. The zero-order valence-corrected chi connectivity index (χ0v) is 10.3. The smallest absolute Gasteiger partial charge is 0.0947 e. The first-order valence-corrected chi connectivity index (χ1v) is 5.68. The van der Waals surface area contributed by atoms with E-state index < -0.39 is 0 Å². The first kappa shape index (κ1) is 14.4. The quantitative estimate of drug-likeness (QED) is 0.346. The number of nitrogens with one attached hydrogen (secondary N) is 1. The second kappa shape index (κ2) is 8.68. The van der Waals surface area contributed by atoms with Gasteiger partial charge in [0.25, 0.3) is 0 Å². The van der Waals surface area contributed by atoms with Gasteiger partial charge >= 0.3 is 0 Å². The number of hydrogen-bond acceptors (Lipinski definition) is 3. The molecule has 3 N–H and O–H groups in total. The molecule has 0 rings (SSSR count). The standard InChI is InChI=1S/C11H25N3O/c1-4-5-7-15-8-6-14(3)9-10(2)11(12)13/h10H,4-9H2,1-3H3,(H3,12,13). The molecule has 0 saturated heterocycles. The Morgan fingerprint density at radius 3 is 2.67 bits per heavy atom. The zero-order valence-electron chi connectivity index (χ0n) is 10.3. The van der Waals surface area contributed by atoms with Gasteiger partial charge in [0.1, 0.15) is 0 Å². The molecule has 4 heteroatoms. The first-order valence-electron chi connectivity index (χ1n) is 5.68. The minimum atomic E-state index is 0.130. The predicted octanol–water partition coefficient (Wildman–Crippen LogP) is 1.31. The Balaban J connectivity index is 3.40. The van der Waals surface area contributed by atoms with Gasteiger partial charge in [-0.25, -0.2) is 0 Å². The molecule has 15 heavy (non-hydrogen) atoms. The molecule has 0 radical (unpaired) electrons. The molecule has 90 valence electrons. The van der Waals surface area contributed by atoms with Crippen molar-refractivity contribution in [2.24, 2.45) is 11.7 Å². The van der Waals surface area contributed by atoms with Crippen LogP contribution in [0.3, 0.4) is 0 Å². The van der Waals surface area contributed by atoms with Crippen LogP contribution in [0.2, 0.25) is 0 Å². The largest absolute Gasteiger partial charge is 0.387 e. The van der Waals surface area contributed by atoms with Gasteiger partial charge in [-0.15, -0.1) is 0 Å². The lowest BCUT2D eigenvalue weighted by Gasteiger charge is -2.20. The maximum absolute atomic E-state index is 7.28. The average molecular weight is 215 g/mol. The summed E-state index contributed by atoms with van der Waals surface area (Å²) in [5.74, 6) is 0.388. The Labute approximate surface area is 93.3 Å². The molecule has 0 aromatic rings. The van der Waals surface area contributed by atoms with Crippen LogP contribution in [-0.4, -0.2) is 44.1 Å². The summed E-state index contributed by atoms with van der Waals surface area (Å²) < 4.78 is 5.46. The SMILES string of the molecule is CCCCOCCN(C)CC(C)C(=N)N. The molecular weight excluding hydrogens is 190 g/mol. The molecule has 0 aliphatic heterocycles. The lowest BCUT2D eigenvalue weighted by atomic mass is 10.1. The van der Waals surface area contributed by atoms with E-state index in [0.29, 0.717) is 0 Å². The normalized spacial score (nSPS) is 13.1. The molecule has 0 aromatic heterocycles. The second-order valence-corrected chi connectivity index (χ2v) is 4.08. The van der Waals surface area contributed by atoms with Crippen molar-refractivity contribution in [1.29, 1.82) is 5.41 Å². The van der Waals surface area contributed by atoms with E-state index in [2.05, 4.69) is 11.8 Å². The molecule has 0 bridgehead atoms. The summed E-state index contributed by atoms with van der Waals surface area (Å²) in [4.78, 5) is 2.15. The van der Waals surface area contributed by atoms with Gasteiger partial charge in [0.2, 0.25) is 0 Å². The van der Waals surface area contributed by atoms with Crippen molar-refractivity contribution in [3.8, 4) is 0 Å². The monoisotopic (exact) mass is 215 g/mol. The first-order chi connectivity index (χ1) is 7.07. The van der Waals surface area contributed by atoms with Gasteiger partial charge in [0.05, 0.1) is 12.4 Å². The van der Waals surface area contributed by atoms with Crippen molar-refractivity contribution in [1.82, 2.24) is 4.90 Å². The molecule has 0 aliphatic carbocycles. The van der Waals surface area contributed by atoms with E-state index >= 15 is 0 Å². The number of unbranched alkanes of at least 4 members (excludes halogenated alkanes) is 1. The molecule has 0 amide bonds. The van der Waals surface area contributed by atoms with E-state index in [1.165, 1.54) is 6.42 Å². The van der Waals surface area contributed by atoms with Crippen molar-refractivity contribution in [3.63, 3.8) is 0 Å². The van der Waals surface area contributed by atoms with Crippen molar-refractivity contribution in [2.45, 2.75) is 26.7 Å². The fraction of sp³-hybridized carbons (Fsp3) is 0.909. The van der Waals surface area contributed by atoms with E-state index in [4.69, 9.17) is 15.9 Å². The van der Waals surface area contributed by atoms with Crippen LogP contribution in [0.25, 0.3) is 0 Å². The molecule has 0 aromatic carbocycles. The second-order valence-electron chi connectivity index (χ2n) is 4.08. The maximum Gasteiger partial charge on any atom is 0.0947 e. The molecule has 0 aliphatic rings. The van der Waals surface area contributed by atoms with Crippen molar-refractivity contribution in [2.75, 3.05) is 33.4 Å². The zero-order chi connectivity index (χ0) is 11.7. The Morgan fingerprint density at radius 2 is 2.13 bits per heavy atom. The molecule has 4 nitrogen and oxygen atoms in total. The Morgan fingerprint density at radius 1 is 1.47 bits per heavy atom. The Bertz CT molecular complexity index is 173. The van der Waals surface area contributed by atoms with Gasteiger partial charge in [0, 0.05) is 25.6 Å². The lowest BCUT2D eigenvalue weighted by molar-refractivity contribution is 0.107. The summed E-state index contributed by atoms with van der Waals surface area (Å²) in [5.41, 5.74) is 5.40. The summed E-state index contributed by atoms with van der Waals surface area (Å²) in [7, 11) is 2.03. The maximum atomic E-state index is 7.28. The summed E-state index contributed by atoms with van der Waals surface area (Å²) in [5, 5.41) is 7.28. The van der Waals surface area contributed by atoms with Crippen LogP contribution in [0.5, 0.6) is 0 Å². The third-order valence-electron chi connectivity index (χ3n) is 2.38. The highest BCUT2D eigenvalue weighted by Gasteiger charge is 2.08. The molecule has 1 atom stereocenters. The summed E-state index contributed by atoms with van der Waals surface area (Å²) in [6.45, 7) is 7.47. The number of likely N-dealkylation sites (N-methyl/N-ethyl adjacent to an activating group) is 1. The van der Waals surface area contributed by atoms with Crippen LogP contribution >= 0.6 is 0 Å². The van der Waals surface area contributed by atoms with E-state index in [1.54, 1.807) is 0 Å². The molecular formula is C11H25N3O. The van der Waals surface area contributed by atoms with Crippen molar-refractivity contribution >= 4 is 5.84 Å². The predicted molar refractivity (Wildman–Crippen MR) is 64.3 cm³/mol. The molecule has 0 saturated carbocycles. The highest BCUT2D eigenvalue weighted by atomic mass is 16.5. The fourth-order valence-corrected chi connectivity index (χ4v) is 1.23. The van der Waals surface area contributed by atoms with Gasteiger partial charge < -0.3 is 15.4 Å². The van der Waals surface area contributed by atoms with E-state index in [0.717, 1.165) is 32.7 Å². The number of hydrogen-bond donors (Lipinski definition) is 2. The van der Waals surface area contributed by atoms with Gasteiger partial charge in [-0.05, 0) is 13.5 Å². The Kier molecular flexibility index (Phi) is 8.33. The van der Waals surface area contributed by atoms with Gasteiger partial charge in [0.15, 0.2) is 0 Å². The number of amidine groups is 1. The van der Waals surface area contributed by atoms with Crippen LogP contribution in [0.1, 0.15) is 26.7 Å². The van der Waals surface area contributed by atoms with Crippen LogP contribution in [-0.2, 0) is 4.74 Å². The lowest BCUT2D eigenvalue weighted by Crippen LogP contribution is -2.33. The molecule has 0 spiro atoms. The van der Waals surface area contributed by atoms with Crippen molar-refractivity contribution < 1.29 is 4.74 Å². The highest BCUT2D eigenvalue weighted by Crippen LogP contribution is 1.97. The van der Waals surface area contributed by atoms with Crippen LogP contribution in [0.4, 0.5) is 0 Å².